The number of pyridine rings is 1. The van der Waals surface area contributed by atoms with Crippen LogP contribution < -0.4 is 10.2 Å². The summed E-state index contributed by atoms with van der Waals surface area (Å²) in [5.41, 5.74) is 4.39. The lowest BCUT2D eigenvalue weighted by atomic mass is 10.1. The van der Waals surface area contributed by atoms with Crippen LogP contribution in [-0.4, -0.2) is 53.2 Å². The molecule has 1 N–H and O–H groups in total. The number of anilines is 2. The summed E-state index contributed by atoms with van der Waals surface area (Å²) >= 11 is 0. The van der Waals surface area contributed by atoms with E-state index in [0.717, 1.165) is 59.5 Å². The number of aryl methyl sites for hydroxylation is 2. The largest absolute Gasteiger partial charge is 0.444 e. The monoisotopic (exact) mass is 546 g/mol. The van der Waals surface area contributed by atoms with Crippen LogP contribution in [0.25, 0.3) is 22.4 Å². The molecule has 4 heterocycles. The number of benzene rings is 1. The maximum absolute atomic E-state index is 13.4. The molecule has 0 saturated carbocycles. The van der Waals surface area contributed by atoms with Crippen molar-refractivity contribution >= 4 is 36.5 Å². The van der Waals surface area contributed by atoms with Crippen LogP contribution in [0.4, 0.5) is 11.4 Å². The Morgan fingerprint density at radius 1 is 1.23 bits per heavy atom. The maximum Gasteiger partial charge on any atom is 0.277 e. The zero-order chi connectivity index (χ0) is 27.9. The number of hydrogen-bond donors (Lipinski definition) is 1. The van der Waals surface area contributed by atoms with Crippen LogP contribution in [0.1, 0.15) is 49.8 Å². The zero-order valence-electron chi connectivity index (χ0n) is 23.9. The number of oxazole rings is 1. The minimum atomic E-state index is -1.91. The van der Waals surface area contributed by atoms with E-state index in [9.17, 15) is 4.79 Å². The fourth-order valence-electron chi connectivity index (χ4n) is 4.77. The number of amides is 1. The number of nitrogens with one attached hydrogen (secondary N) is 1. The summed E-state index contributed by atoms with van der Waals surface area (Å²) in [5.74, 6) is 0.0570. The van der Waals surface area contributed by atoms with E-state index < -0.39 is 8.32 Å². The second-order valence-electron chi connectivity index (χ2n) is 12.0. The number of nitrogens with zero attached hydrogens (tertiary/aromatic N) is 5. The normalized spacial score (nSPS) is 16.6. The van der Waals surface area contributed by atoms with E-state index in [2.05, 4.69) is 65.2 Å². The predicted octanol–water partition coefficient (Wildman–Crippen LogP) is 6.17. The van der Waals surface area contributed by atoms with E-state index >= 15 is 0 Å². The summed E-state index contributed by atoms with van der Waals surface area (Å²) in [6.45, 7) is 15.0. The molecule has 1 atom stereocenters. The number of carbonyl (C=O) groups is 1. The average Bonchev–Trinajstić information content (AvgIpc) is 3.49. The van der Waals surface area contributed by atoms with Crippen molar-refractivity contribution in [1.29, 1.82) is 0 Å². The van der Waals surface area contributed by atoms with E-state index in [-0.39, 0.29) is 22.7 Å². The van der Waals surface area contributed by atoms with Gasteiger partial charge in [0.25, 0.3) is 5.91 Å². The van der Waals surface area contributed by atoms with Gasteiger partial charge in [-0.3, -0.25) is 14.5 Å². The molecule has 0 radical (unpaired) electrons. The summed E-state index contributed by atoms with van der Waals surface area (Å²) in [6, 6.07) is 7.74. The van der Waals surface area contributed by atoms with E-state index in [1.807, 2.05) is 38.4 Å². The number of hydrogen-bond acceptors (Lipinski definition) is 7. The van der Waals surface area contributed by atoms with Crippen LogP contribution in [-0.2, 0) is 11.5 Å². The number of rotatable bonds is 6. The standard InChI is InChI=1S/C29H38N6O3Si/c1-19-13-20(10-11-30-19)28-32-25(18-37-28)27(36)31-24-14-21-16-34(5)33-23(21)15-26(24)35-12-8-9-22(17-35)38-39(6,7)29(2,3)4/h10-11,13-16,18,22H,8-9,12,17H2,1-7H3,(H,31,36). The Bertz CT molecular complexity index is 1500. The quantitative estimate of drug-likeness (QED) is 0.289. The molecule has 1 saturated heterocycles. The highest BCUT2D eigenvalue weighted by Crippen LogP contribution is 2.39. The van der Waals surface area contributed by atoms with Crippen molar-refractivity contribution in [2.24, 2.45) is 7.05 Å². The van der Waals surface area contributed by atoms with Gasteiger partial charge in [0, 0.05) is 49.2 Å². The molecule has 39 heavy (non-hydrogen) atoms. The fraction of sp³-hybridized carbons (Fsp3) is 0.448. The van der Waals surface area contributed by atoms with Gasteiger partial charge in [-0.1, -0.05) is 20.8 Å². The van der Waals surface area contributed by atoms with Crippen molar-refractivity contribution in [1.82, 2.24) is 19.7 Å². The van der Waals surface area contributed by atoms with Gasteiger partial charge in [0.2, 0.25) is 5.89 Å². The molecule has 1 aromatic carbocycles. The molecule has 4 aromatic rings. The van der Waals surface area contributed by atoms with Gasteiger partial charge in [-0.15, -0.1) is 0 Å². The molecule has 1 amide bonds. The first-order chi connectivity index (χ1) is 18.4. The Kier molecular flexibility index (Phi) is 7.11. The summed E-state index contributed by atoms with van der Waals surface area (Å²) in [4.78, 5) is 24.3. The van der Waals surface area contributed by atoms with E-state index in [0.29, 0.717) is 5.89 Å². The third-order valence-corrected chi connectivity index (χ3v) is 12.4. The van der Waals surface area contributed by atoms with Gasteiger partial charge in [0.05, 0.1) is 23.0 Å². The SMILES string of the molecule is Cc1cc(-c2nc(C(=O)Nc3cc4cn(C)nc4cc3N3CCCC(O[Si](C)(C)C(C)(C)C)C3)co2)ccn1. The minimum Gasteiger partial charge on any atom is -0.444 e. The van der Waals surface area contributed by atoms with Crippen molar-refractivity contribution in [3.05, 3.63) is 54.3 Å². The van der Waals surface area contributed by atoms with E-state index in [1.165, 1.54) is 6.26 Å². The minimum absolute atomic E-state index is 0.143. The van der Waals surface area contributed by atoms with Crippen molar-refractivity contribution in [3.63, 3.8) is 0 Å². The molecule has 10 heteroatoms. The average molecular weight is 547 g/mol. The van der Waals surface area contributed by atoms with Gasteiger partial charge in [0.1, 0.15) is 6.26 Å². The molecule has 206 valence electrons. The summed E-state index contributed by atoms with van der Waals surface area (Å²) in [6.07, 6.45) is 7.24. The van der Waals surface area contributed by atoms with Crippen molar-refractivity contribution in [2.75, 3.05) is 23.3 Å². The number of carbonyl (C=O) groups excluding carboxylic acids is 1. The predicted molar refractivity (Wildman–Crippen MR) is 157 cm³/mol. The van der Waals surface area contributed by atoms with Crippen LogP contribution in [0.2, 0.25) is 18.1 Å². The van der Waals surface area contributed by atoms with Crippen LogP contribution in [0.3, 0.4) is 0 Å². The Labute approximate surface area is 230 Å². The van der Waals surface area contributed by atoms with E-state index in [1.54, 1.807) is 10.9 Å². The second-order valence-corrected chi connectivity index (χ2v) is 16.8. The van der Waals surface area contributed by atoms with Gasteiger partial charge in [0.15, 0.2) is 14.0 Å². The van der Waals surface area contributed by atoms with Crippen molar-refractivity contribution in [3.8, 4) is 11.5 Å². The molecule has 0 aliphatic carbocycles. The molecule has 3 aromatic heterocycles. The highest BCUT2D eigenvalue weighted by molar-refractivity contribution is 6.74. The van der Waals surface area contributed by atoms with E-state index in [4.69, 9.17) is 8.84 Å². The first-order valence-electron chi connectivity index (χ1n) is 13.5. The first-order valence-corrected chi connectivity index (χ1v) is 16.4. The molecule has 0 bridgehead atoms. The van der Waals surface area contributed by atoms with Crippen LogP contribution in [0, 0.1) is 6.92 Å². The lowest BCUT2D eigenvalue weighted by Crippen LogP contribution is -2.49. The molecule has 1 aliphatic heterocycles. The van der Waals surface area contributed by atoms with Gasteiger partial charge in [-0.05, 0) is 62.2 Å². The van der Waals surface area contributed by atoms with Gasteiger partial charge in [-0.2, -0.15) is 5.10 Å². The number of piperidine rings is 1. The van der Waals surface area contributed by atoms with Gasteiger partial charge < -0.3 is 19.1 Å². The Balaban J connectivity index is 1.42. The third-order valence-electron chi connectivity index (χ3n) is 7.85. The molecule has 1 unspecified atom stereocenters. The Morgan fingerprint density at radius 3 is 2.77 bits per heavy atom. The van der Waals surface area contributed by atoms with Crippen LogP contribution in [0.15, 0.2) is 47.3 Å². The molecule has 5 rings (SSSR count). The third kappa shape index (κ3) is 5.76. The molecular formula is C29H38N6O3Si. The molecule has 9 nitrogen and oxygen atoms in total. The smallest absolute Gasteiger partial charge is 0.277 e. The first kappa shape index (κ1) is 27.1. The Morgan fingerprint density at radius 2 is 2.03 bits per heavy atom. The Hall–Kier alpha value is -3.50. The molecule has 1 aliphatic rings. The van der Waals surface area contributed by atoms with Gasteiger partial charge in [-0.25, -0.2) is 4.98 Å². The highest BCUT2D eigenvalue weighted by Gasteiger charge is 2.40. The summed E-state index contributed by atoms with van der Waals surface area (Å²) < 4.78 is 14.2. The fourth-order valence-corrected chi connectivity index (χ4v) is 6.15. The highest BCUT2D eigenvalue weighted by atomic mass is 28.4. The molecule has 0 spiro atoms. The van der Waals surface area contributed by atoms with Crippen molar-refractivity contribution < 1.29 is 13.6 Å². The van der Waals surface area contributed by atoms with Crippen LogP contribution in [0.5, 0.6) is 0 Å². The zero-order valence-corrected chi connectivity index (χ0v) is 24.9. The lowest BCUT2D eigenvalue weighted by Gasteiger charge is -2.43. The maximum atomic E-state index is 13.4. The topological polar surface area (TPSA) is 98.3 Å². The van der Waals surface area contributed by atoms with Gasteiger partial charge >= 0.3 is 0 Å². The number of fused-ring (bicyclic) bond motifs is 1. The van der Waals surface area contributed by atoms with Crippen molar-refractivity contribution in [2.45, 2.75) is 64.8 Å². The molecule has 1 fully saturated rings. The van der Waals surface area contributed by atoms with Crippen LogP contribution >= 0.6 is 0 Å². The number of aromatic nitrogens is 4. The second kappa shape index (κ2) is 10.2. The summed E-state index contributed by atoms with van der Waals surface area (Å²) in [5, 5.41) is 8.83. The summed E-state index contributed by atoms with van der Waals surface area (Å²) in [7, 11) is -0.00870. The lowest BCUT2D eigenvalue weighted by molar-refractivity contribution is 0.102. The molecular weight excluding hydrogens is 508 g/mol.